The summed E-state index contributed by atoms with van der Waals surface area (Å²) < 4.78 is 12.6. The summed E-state index contributed by atoms with van der Waals surface area (Å²) in [4.78, 5) is 16.4. The second-order valence-electron chi connectivity index (χ2n) is 3.39. The van der Waals surface area contributed by atoms with Crippen LogP contribution in [0.2, 0.25) is 0 Å². The lowest BCUT2D eigenvalue weighted by molar-refractivity contribution is 0.101. The number of carbonyl (C=O) groups excluding carboxylic acids is 1. The van der Waals surface area contributed by atoms with E-state index in [0.717, 1.165) is 4.88 Å². The van der Waals surface area contributed by atoms with Gasteiger partial charge < -0.3 is 0 Å². The molecule has 4 heteroatoms. The van der Waals surface area contributed by atoms with Crippen molar-refractivity contribution >= 4 is 29.0 Å². The average Bonchev–Trinajstić information content (AvgIpc) is 2.85. The molecule has 17 heavy (non-hydrogen) atoms. The quantitative estimate of drug-likeness (QED) is 0.595. The zero-order chi connectivity index (χ0) is 12.1. The Hall–Kier alpha value is -1.81. The van der Waals surface area contributed by atoms with Gasteiger partial charge in [-0.2, -0.15) is 0 Å². The highest BCUT2D eigenvalue weighted by Crippen LogP contribution is 2.13. The minimum atomic E-state index is -0.293. The van der Waals surface area contributed by atoms with Crippen LogP contribution in [-0.2, 0) is 0 Å². The van der Waals surface area contributed by atoms with Gasteiger partial charge in [-0.1, -0.05) is 6.07 Å². The van der Waals surface area contributed by atoms with Gasteiger partial charge in [0.25, 0.3) is 0 Å². The number of hydrogen-bond acceptors (Lipinski definition) is 3. The maximum atomic E-state index is 12.6. The number of halogens is 1. The Bertz CT molecular complexity index is 517. The third-order valence-electron chi connectivity index (χ3n) is 2.14. The Balaban J connectivity index is 1.94. The second kappa shape index (κ2) is 5.50. The summed E-state index contributed by atoms with van der Waals surface area (Å²) >= 11 is 1.42. The van der Waals surface area contributed by atoms with E-state index in [4.69, 9.17) is 0 Å². The molecule has 0 fully saturated rings. The number of benzene rings is 1. The fourth-order valence-electron chi connectivity index (χ4n) is 1.30. The molecule has 0 N–H and O–H groups in total. The van der Waals surface area contributed by atoms with Gasteiger partial charge in [0.15, 0.2) is 5.78 Å². The van der Waals surface area contributed by atoms with Gasteiger partial charge in [0.2, 0.25) is 0 Å². The summed E-state index contributed by atoms with van der Waals surface area (Å²) in [6.45, 7) is 0. The van der Waals surface area contributed by atoms with Crippen LogP contribution in [0.5, 0.6) is 0 Å². The summed E-state index contributed by atoms with van der Waals surface area (Å²) in [6.07, 6.45) is 1.81. The van der Waals surface area contributed by atoms with Gasteiger partial charge in [-0.05, 0) is 35.7 Å². The molecule has 0 saturated heterocycles. The van der Waals surface area contributed by atoms with Gasteiger partial charge >= 0.3 is 0 Å². The normalized spacial score (nSPS) is 10.9. The molecule has 2 aromatic rings. The Morgan fingerprint density at radius 3 is 2.71 bits per heavy atom. The van der Waals surface area contributed by atoms with E-state index in [9.17, 15) is 9.18 Å². The summed E-state index contributed by atoms with van der Waals surface area (Å²) in [5.74, 6) is -0.246. The van der Waals surface area contributed by atoms with E-state index in [0.29, 0.717) is 5.69 Å². The van der Waals surface area contributed by atoms with Gasteiger partial charge in [0.05, 0.1) is 10.6 Å². The van der Waals surface area contributed by atoms with Gasteiger partial charge in [-0.15, -0.1) is 11.3 Å². The van der Waals surface area contributed by atoms with Crippen molar-refractivity contribution in [3.05, 3.63) is 52.5 Å². The number of Topliss-reactive ketones (excluding diaryl/α,β-unsaturated/α-hetero) is 1. The molecule has 1 heterocycles. The van der Waals surface area contributed by atoms with Crippen molar-refractivity contribution in [2.75, 3.05) is 0 Å². The number of hydrogen-bond donors (Lipinski definition) is 0. The molecule has 2 nitrogen and oxygen atoms in total. The van der Waals surface area contributed by atoms with Crippen LogP contribution in [0.4, 0.5) is 10.1 Å². The van der Waals surface area contributed by atoms with Crippen molar-refractivity contribution in [3.63, 3.8) is 0 Å². The third kappa shape index (κ3) is 3.32. The third-order valence-corrected chi connectivity index (χ3v) is 3.05. The van der Waals surface area contributed by atoms with Crippen molar-refractivity contribution in [1.82, 2.24) is 0 Å². The van der Waals surface area contributed by atoms with Crippen LogP contribution in [0.15, 0.2) is 46.8 Å². The molecule has 0 bridgehead atoms. The fourth-order valence-corrected chi connectivity index (χ4v) is 1.97. The first kappa shape index (κ1) is 11.7. The molecular formula is C13H10FNOS. The molecular weight excluding hydrogens is 237 g/mol. The Kier molecular flexibility index (Phi) is 3.77. The van der Waals surface area contributed by atoms with Gasteiger partial charge in [0, 0.05) is 12.6 Å². The molecule has 86 valence electrons. The molecule has 0 saturated carbocycles. The number of aliphatic imine (C=N–C) groups is 1. The number of nitrogens with zero attached hydrogens (tertiary/aromatic N) is 1. The van der Waals surface area contributed by atoms with E-state index in [-0.39, 0.29) is 18.0 Å². The Morgan fingerprint density at radius 2 is 2.06 bits per heavy atom. The second-order valence-corrected chi connectivity index (χ2v) is 4.34. The van der Waals surface area contributed by atoms with E-state index in [1.807, 2.05) is 11.4 Å². The predicted octanol–water partition coefficient (Wildman–Crippen LogP) is 3.86. The molecule has 1 aromatic carbocycles. The van der Waals surface area contributed by atoms with Crippen molar-refractivity contribution in [1.29, 1.82) is 0 Å². The molecule has 0 unspecified atom stereocenters. The molecule has 0 aliphatic heterocycles. The molecule has 1 aromatic heterocycles. The highest BCUT2D eigenvalue weighted by molar-refractivity contribution is 7.12. The van der Waals surface area contributed by atoms with Crippen LogP contribution in [0.25, 0.3) is 0 Å². The summed E-state index contributed by atoms with van der Waals surface area (Å²) in [6, 6.07) is 9.46. The highest BCUT2D eigenvalue weighted by atomic mass is 32.1. The SMILES string of the molecule is O=C(CC=Nc1ccc(F)cc1)c1cccs1. The zero-order valence-electron chi connectivity index (χ0n) is 8.97. The van der Waals surface area contributed by atoms with Crippen molar-refractivity contribution in [2.24, 2.45) is 4.99 Å². The van der Waals surface area contributed by atoms with Crippen LogP contribution in [0.1, 0.15) is 16.1 Å². The molecule has 0 atom stereocenters. The number of ketones is 1. The van der Waals surface area contributed by atoms with Gasteiger partial charge in [-0.3, -0.25) is 9.79 Å². The first-order chi connectivity index (χ1) is 8.25. The van der Waals surface area contributed by atoms with E-state index in [2.05, 4.69) is 4.99 Å². The van der Waals surface area contributed by atoms with Gasteiger partial charge in [0.1, 0.15) is 5.82 Å². The van der Waals surface area contributed by atoms with Crippen molar-refractivity contribution in [2.45, 2.75) is 6.42 Å². The number of rotatable bonds is 4. The molecule has 0 amide bonds. The first-order valence-corrected chi connectivity index (χ1v) is 5.98. The summed E-state index contributed by atoms with van der Waals surface area (Å²) in [5.41, 5.74) is 0.644. The van der Waals surface area contributed by atoms with Gasteiger partial charge in [-0.25, -0.2) is 4.39 Å². The zero-order valence-corrected chi connectivity index (χ0v) is 9.78. The maximum absolute atomic E-state index is 12.6. The summed E-state index contributed by atoms with van der Waals surface area (Å²) in [7, 11) is 0. The fraction of sp³-hybridized carbons (Fsp3) is 0.0769. The summed E-state index contributed by atoms with van der Waals surface area (Å²) in [5, 5.41) is 1.87. The van der Waals surface area contributed by atoms with Crippen molar-refractivity contribution in [3.8, 4) is 0 Å². The van der Waals surface area contributed by atoms with Crippen LogP contribution in [-0.4, -0.2) is 12.0 Å². The Labute approximate surface area is 102 Å². The maximum Gasteiger partial charge on any atom is 0.178 e. The molecule has 0 aliphatic carbocycles. The molecule has 2 rings (SSSR count). The first-order valence-electron chi connectivity index (χ1n) is 5.10. The van der Waals surface area contributed by atoms with E-state index < -0.39 is 0 Å². The molecule has 0 spiro atoms. The van der Waals surface area contributed by atoms with E-state index in [1.165, 1.54) is 23.5 Å². The smallest absolute Gasteiger partial charge is 0.178 e. The van der Waals surface area contributed by atoms with Crippen LogP contribution in [0, 0.1) is 5.82 Å². The van der Waals surface area contributed by atoms with Crippen molar-refractivity contribution < 1.29 is 9.18 Å². The highest BCUT2D eigenvalue weighted by Gasteiger charge is 2.03. The molecule has 0 aliphatic rings. The minimum Gasteiger partial charge on any atom is -0.293 e. The standard InChI is InChI=1S/C13H10FNOS/c14-10-3-5-11(6-4-10)15-8-7-12(16)13-2-1-9-17-13/h1-6,8-9H,7H2. The monoisotopic (exact) mass is 247 g/mol. The van der Waals surface area contributed by atoms with E-state index in [1.54, 1.807) is 24.4 Å². The predicted molar refractivity (Wildman–Crippen MR) is 67.8 cm³/mol. The topological polar surface area (TPSA) is 29.4 Å². The van der Waals surface area contributed by atoms with Crippen LogP contribution < -0.4 is 0 Å². The average molecular weight is 247 g/mol. The minimum absolute atomic E-state index is 0.0471. The largest absolute Gasteiger partial charge is 0.293 e. The van der Waals surface area contributed by atoms with Crippen LogP contribution >= 0.6 is 11.3 Å². The molecule has 0 radical (unpaired) electrons. The number of thiophene rings is 1. The van der Waals surface area contributed by atoms with Crippen LogP contribution in [0.3, 0.4) is 0 Å². The number of carbonyl (C=O) groups is 1. The lowest BCUT2D eigenvalue weighted by Gasteiger charge is -1.93. The lowest BCUT2D eigenvalue weighted by Crippen LogP contribution is -1.95. The van der Waals surface area contributed by atoms with E-state index >= 15 is 0 Å². The lowest BCUT2D eigenvalue weighted by atomic mass is 10.2. The Morgan fingerprint density at radius 1 is 1.29 bits per heavy atom.